The summed E-state index contributed by atoms with van der Waals surface area (Å²) in [5.74, 6) is -0.665. The van der Waals surface area contributed by atoms with E-state index in [1.165, 1.54) is 19.1 Å². The minimum Gasteiger partial charge on any atom is -0.507 e. The van der Waals surface area contributed by atoms with Crippen LogP contribution in [0.4, 0.5) is 0 Å². The van der Waals surface area contributed by atoms with Crippen molar-refractivity contribution in [2.24, 2.45) is 0 Å². The zero-order valence-electron chi connectivity index (χ0n) is 20.6. The molecule has 1 fully saturated rings. The van der Waals surface area contributed by atoms with E-state index in [0.717, 1.165) is 11.1 Å². The number of aliphatic hydroxyl groups is 1. The molecule has 3 aromatic rings. The second kappa shape index (κ2) is 11.1. The van der Waals surface area contributed by atoms with Gasteiger partial charge in [0.2, 0.25) is 0 Å². The summed E-state index contributed by atoms with van der Waals surface area (Å²) in [6, 6.07) is 21.3. The summed E-state index contributed by atoms with van der Waals surface area (Å²) in [5.41, 5.74) is 3.13. The molecule has 1 heterocycles. The normalized spacial score (nSPS) is 16.9. The number of Topliss-reactive ketones (excluding diaryl/α,β-unsaturated/α-hetero) is 1. The number of likely N-dealkylation sites (tertiary alicyclic amines) is 1. The lowest BCUT2D eigenvalue weighted by Gasteiger charge is -2.25. The molecule has 1 aliphatic heterocycles. The van der Waals surface area contributed by atoms with Crippen LogP contribution in [0.15, 0.2) is 78.4 Å². The van der Waals surface area contributed by atoms with E-state index in [1.54, 1.807) is 30.3 Å². The third-order valence-corrected chi connectivity index (χ3v) is 6.14. The van der Waals surface area contributed by atoms with Crippen molar-refractivity contribution in [1.29, 1.82) is 0 Å². The molecule has 0 bridgehead atoms. The molecule has 7 nitrogen and oxygen atoms in total. The number of aliphatic hydroxyl groups excluding tert-OH is 1. The average molecular weight is 488 g/mol. The smallest absolute Gasteiger partial charge is 0.295 e. The Hall–Kier alpha value is -4.10. The Kier molecular flexibility index (Phi) is 7.71. The molecular weight excluding hydrogens is 458 g/mol. The molecular formula is C29H29NO6. The Balaban J connectivity index is 1.74. The third-order valence-electron chi connectivity index (χ3n) is 6.14. The summed E-state index contributed by atoms with van der Waals surface area (Å²) in [6.07, 6.45) is 0. The van der Waals surface area contributed by atoms with Gasteiger partial charge in [0.1, 0.15) is 12.4 Å². The van der Waals surface area contributed by atoms with Gasteiger partial charge in [-0.25, -0.2) is 0 Å². The van der Waals surface area contributed by atoms with Crippen LogP contribution >= 0.6 is 0 Å². The van der Waals surface area contributed by atoms with Crippen molar-refractivity contribution in [3.05, 3.63) is 101 Å². The van der Waals surface area contributed by atoms with E-state index < -0.39 is 17.7 Å². The van der Waals surface area contributed by atoms with Gasteiger partial charge in [0.15, 0.2) is 11.5 Å². The van der Waals surface area contributed by atoms with Gasteiger partial charge >= 0.3 is 0 Å². The molecule has 0 aromatic heterocycles. The van der Waals surface area contributed by atoms with Crippen LogP contribution in [0.1, 0.15) is 28.3 Å². The van der Waals surface area contributed by atoms with Crippen molar-refractivity contribution in [3.8, 4) is 11.5 Å². The van der Waals surface area contributed by atoms with Gasteiger partial charge in [-0.1, -0.05) is 66.2 Å². The van der Waals surface area contributed by atoms with Gasteiger partial charge in [-0.2, -0.15) is 0 Å². The van der Waals surface area contributed by atoms with Crippen LogP contribution < -0.4 is 9.47 Å². The maximum Gasteiger partial charge on any atom is 0.295 e. The monoisotopic (exact) mass is 487 g/mol. The lowest BCUT2D eigenvalue weighted by atomic mass is 9.94. The molecule has 1 saturated heterocycles. The van der Waals surface area contributed by atoms with Crippen LogP contribution in [0.5, 0.6) is 11.5 Å². The zero-order chi connectivity index (χ0) is 25.7. The van der Waals surface area contributed by atoms with Crippen molar-refractivity contribution in [3.63, 3.8) is 0 Å². The Morgan fingerprint density at radius 3 is 2.33 bits per heavy atom. The molecule has 36 heavy (non-hydrogen) atoms. The minimum atomic E-state index is -0.807. The number of rotatable bonds is 9. The Morgan fingerprint density at radius 2 is 1.67 bits per heavy atom. The summed E-state index contributed by atoms with van der Waals surface area (Å²) in [6.45, 7) is 2.71. The number of methoxy groups -OCH3 is 2. The number of amides is 1. The van der Waals surface area contributed by atoms with E-state index in [9.17, 15) is 14.7 Å². The molecule has 0 saturated carbocycles. The maximum absolute atomic E-state index is 13.1. The van der Waals surface area contributed by atoms with Crippen molar-refractivity contribution in [1.82, 2.24) is 4.90 Å². The molecule has 1 aliphatic rings. The molecule has 4 rings (SSSR count). The maximum atomic E-state index is 13.1. The highest BCUT2D eigenvalue weighted by Gasteiger charge is 2.46. The number of ketones is 1. The van der Waals surface area contributed by atoms with Gasteiger partial charge in [0.25, 0.3) is 11.7 Å². The van der Waals surface area contributed by atoms with Gasteiger partial charge in [-0.15, -0.1) is 0 Å². The van der Waals surface area contributed by atoms with Crippen LogP contribution in [0.25, 0.3) is 5.76 Å². The fraction of sp³-hybridized carbons (Fsp3) is 0.241. The van der Waals surface area contributed by atoms with Crippen LogP contribution in [-0.2, 0) is 20.9 Å². The van der Waals surface area contributed by atoms with E-state index in [-0.39, 0.29) is 24.5 Å². The van der Waals surface area contributed by atoms with Gasteiger partial charge in [0.05, 0.1) is 25.3 Å². The zero-order valence-corrected chi connectivity index (χ0v) is 20.6. The summed E-state index contributed by atoms with van der Waals surface area (Å²) >= 11 is 0. The minimum absolute atomic E-state index is 0.0277. The third kappa shape index (κ3) is 5.11. The van der Waals surface area contributed by atoms with Crippen molar-refractivity contribution in [2.75, 3.05) is 27.4 Å². The Morgan fingerprint density at radius 1 is 0.944 bits per heavy atom. The van der Waals surface area contributed by atoms with Gasteiger partial charge in [0, 0.05) is 19.2 Å². The van der Waals surface area contributed by atoms with E-state index in [2.05, 4.69) is 0 Å². The van der Waals surface area contributed by atoms with Crippen LogP contribution in [0, 0.1) is 6.92 Å². The van der Waals surface area contributed by atoms with Gasteiger partial charge in [-0.05, 0) is 30.2 Å². The molecule has 0 aliphatic carbocycles. The number of hydrogen-bond donors (Lipinski definition) is 1. The average Bonchev–Trinajstić information content (AvgIpc) is 3.16. The van der Waals surface area contributed by atoms with Gasteiger partial charge < -0.3 is 24.2 Å². The number of hydrogen-bond acceptors (Lipinski definition) is 6. The number of ether oxygens (including phenoxy) is 3. The predicted molar refractivity (Wildman–Crippen MR) is 136 cm³/mol. The lowest BCUT2D eigenvalue weighted by molar-refractivity contribution is -0.140. The fourth-order valence-electron chi connectivity index (χ4n) is 4.22. The molecule has 0 unspecified atom stereocenters. The summed E-state index contributed by atoms with van der Waals surface area (Å²) in [4.78, 5) is 27.5. The molecule has 0 spiro atoms. The highest BCUT2D eigenvalue weighted by atomic mass is 16.5. The first-order chi connectivity index (χ1) is 17.4. The molecule has 3 aromatic carbocycles. The Labute approximate surface area is 210 Å². The van der Waals surface area contributed by atoms with Crippen LogP contribution in [-0.4, -0.2) is 49.1 Å². The van der Waals surface area contributed by atoms with E-state index in [4.69, 9.17) is 14.2 Å². The molecule has 186 valence electrons. The molecule has 1 N–H and O–H groups in total. The molecule has 7 heteroatoms. The topological polar surface area (TPSA) is 85.3 Å². The molecule has 1 amide bonds. The number of nitrogens with zero attached hydrogens (tertiary/aromatic N) is 1. The van der Waals surface area contributed by atoms with Crippen LogP contribution in [0.2, 0.25) is 0 Å². The number of carbonyl (C=O) groups excluding carboxylic acids is 2. The summed E-state index contributed by atoms with van der Waals surface area (Å²) in [7, 11) is 3.06. The lowest BCUT2D eigenvalue weighted by Crippen LogP contribution is -2.32. The second-order valence-electron chi connectivity index (χ2n) is 8.54. The largest absolute Gasteiger partial charge is 0.507 e. The highest BCUT2D eigenvalue weighted by Crippen LogP contribution is 2.42. The fourth-order valence-corrected chi connectivity index (χ4v) is 4.22. The first kappa shape index (κ1) is 25.0. The molecule has 0 radical (unpaired) electrons. The second-order valence-corrected chi connectivity index (χ2v) is 8.54. The van der Waals surface area contributed by atoms with E-state index >= 15 is 0 Å². The van der Waals surface area contributed by atoms with Gasteiger partial charge in [-0.3, -0.25) is 9.59 Å². The Bertz CT molecular complexity index is 1270. The van der Waals surface area contributed by atoms with Crippen LogP contribution in [0.3, 0.4) is 0 Å². The van der Waals surface area contributed by atoms with E-state index in [1.807, 2.05) is 49.4 Å². The number of aryl methyl sites for hydroxylation is 1. The first-order valence-electron chi connectivity index (χ1n) is 11.6. The number of carbonyl (C=O) groups is 2. The summed E-state index contributed by atoms with van der Waals surface area (Å²) < 4.78 is 16.7. The highest BCUT2D eigenvalue weighted by molar-refractivity contribution is 6.46. The quantitative estimate of drug-likeness (QED) is 0.269. The first-order valence-corrected chi connectivity index (χ1v) is 11.6. The predicted octanol–water partition coefficient (Wildman–Crippen LogP) is 4.65. The molecule has 1 atom stereocenters. The summed E-state index contributed by atoms with van der Waals surface area (Å²) in [5, 5.41) is 11.2. The van der Waals surface area contributed by atoms with Crippen molar-refractivity contribution >= 4 is 17.4 Å². The van der Waals surface area contributed by atoms with E-state index in [0.29, 0.717) is 29.2 Å². The SMILES string of the molecule is COCCN1C(=O)C(=O)C(=C(O)c2ccc(C)cc2)[C@@H]1c1ccc(OCc2ccccc2)c(OC)c1. The standard InChI is InChI=1S/C29H29NO6/c1-19-9-11-21(12-10-19)27(31)25-26(30(15-16-34-2)29(33)28(25)32)22-13-14-23(24(17-22)35-3)36-18-20-7-5-4-6-8-20/h4-14,17,26,31H,15-16,18H2,1-3H3/t26-/m0/s1. The van der Waals surface area contributed by atoms with Crippen molar-refractivity contribution in [2.45, 2.75) is 19.6 Å². The number of benzene rings is 3. The van der Waals surface area contributed by atoms with Crippen molar-refractivity contribution < 1.29 is 28.9 Å².